The van der Waals surface area contributed by atoms with Crippen molar-refractivity contribution >= 4 is 12.1 Å². The molecule has 18 heavy (non-hydrogen) atoms. The van der Waals surface area contributed by atoms with Crippen LogP contribution in [0.5, 0.6) is 0 Å². The fraction of sp³-hybridized carbons (Fsp3) is 0.385. The SMILES string of the molecule is CC(C)N(C(=O)O)C(Cc1ccccc1)C(=O)O. The largest absolute Gasteiger partial charge is 0.480 e. The van der Waals surface area contributed by atoms with Gasteiger partial charge in [0.2, 0.25) is 0 Å². The van der Waals surface area contributed by atoms with Crippen molar-refractivity contribution in [3.8, 4) is 0 Å². The van der Waals surface area contributed by atoms with Crippen molar-refractivity contribution in [1.82, 2.24) is 4.90 Å². The summed E-state index contributed by atoms with van der Waals surface area (Å²) in [5, 5.41) is 18.3. The molecule has 0 aliphatic carbocycles. The van der Waals surface area contributed by atoms with E-state index in [-0.39, 0.29) is 12.5 Å². The summed E-state index contributed by atoms with van der Waals surface area (Å²) in [6, 6.07) is 7.56. The van der Waals surface area contributed by atoms with Crippen molar-refractivity contribution in [2.75, 3.05) is 0 Å². The normalized spacial score (nSPS) is 12.2. The number of carboxylic acids is 1. The van der Waals surface area contributed by atoms with E-state index in [1.165, 1.54) is 0 Å². The molecule has 1 aromatic rings. The number of nitrogens with zero attached hydrogens (tertiary/aromatic N) is 1. The maximum atomic E-state index is 11.2. The Morgan fingerprint density at radius 2 is 1.72 bits per heavy atom. The van der Waals surface area contributed by atoms with Crippen LogP contribution in [0.4, 0.5) is 4.79 Å². The van der Waals surface area contributed by atoms with Gasteiger partial charge in [-0.2, -0.15) is 0 Å². The Balaban J connectivity index is 2.95. The first-order chi connectivity index (χ1) is 8.43. The van der Waals surface area contributed by atoms with Gasteiger partial charge in [-0.05, 0) is 19.4 Å². The van der Waals surface area contributed by atoms with Gasteiger partial charge in [-0.25, -0.2) is 9.59 Å². The average molecular weight is 251 g/mol. The highest BCUT2D eigenvalue weighted by atomic mass is 16.4. The molecule has 1 amide bonds. The van der Waals surface area contributed by atoms with Gasteiger partial charge in [0.1, 0.15) is 6.04 Å². The van der Waals surface area contributed by atoms with E-state index in [1.54, 1.807) is 38.1 Å². The minimum absolute atomic E-state index is 0.167. The van der Waals surface area contributed by atoms with Crippen molar-refractivity contribution in [3.63, 3.8) is 0 Å². The van der Waals surface area contributed by atoms with Crippen molar-refractivity contribution in [1.29, 1.82) is 0 Å². The smallest absolute Gasteiger partial charge is 0.408 e. The summed E-state index contributed by atoms with van der Waals surface area (Å²) in [7, 11) is 0. The number of hydrogen-bond donors (Lipinski definition) is 2. The fourth-order valence-electron chi connectivity index (χ4n) is 1.86. The van der Waals surface area contributed by atoms with E-state index in [4.69, 9.17) is 5.11 Å². The lowest BCUT2D eigenvalue weighted by molar-refractivity contribution is -0.143. The summed E-state index contributed by atoms with van der Waals surface area (Å²) >= 11 is 0. The summed E-state index contributed by atoms with van der Waals surface area (Å²) in [4.78, 5) is 23.4. The highest BCUT2D eigenvalue weighted by Gasteiger charge is 2.31. The Morgan fingerprint density at radius 1 is 1.17 bits per heavy atom. The Kier molecular flexibility index (Phi) is 4.71. The highest BCUT2D eigenvalue weighted by Crippen LogP contribution is 2.13. The molecule has 0 aromatic heterocycles. The number of hydrogen-bond acceptors (Lipinski definition) is 2. The van der Waals surface area contributed by atoms with Gasteiger partial charge in [-0.1, -0.05) is 30.3 Å². The summed E-state index contributed by atoms with van der Waals surface area (Å²) < 4.78 is 0. The van der Waals surface area contributed by atoms with Crippen LogP contribution in [0.2, 0.25) is 0 Å². The number of aliphatic carboxylic acids is 1. The average Bonchev–Trinajstić information content (AvgIpc) is 2.28. The standard InChI is InChI=1S/C13H17NO4/c1-9(2)14(13(17)18)11(12(15)16)8-10-6-4-3-5-7-10/h3-7,9,11H,8H2,1-2H3,(H,15,16)(H,17,18). The van der Waals surface area contributed by atoms with Crippen LogP contribution in [0.25, 0.3) is 0 Å². The van der Waals surface area contributed by atoms with Crippen LogP contribution in [0, 0.1) is 0 Å². The first-order valence-electron chi connectivity index (χ1n) is 5.71. The topological polar surface area (TPSA) is 77.8 Å². The Hall–Kier alpha value is -2.04. The molecule has 0 aliphatic rings. The first kappa shape index (κ1) is 14.0. The fourth-order valence-corrected chi connectivity index (χ4v) is 1.86. The molecule has 0 spiro atoms. The third-order valence-corrected chi connectivity index (χ3v) is 2.67. The molecule has 0 heterocycles. The van der Waals surface area contributed by atoms with E-state index in [1.807, 2.05) is 6.07 Å². The van der Waals surface area contributed by atoms with Gasteiger partial charge in [0.15, 0.2) is 0 Å². The van der Waals surface area contributed by atoms with E-state index < -0.39 is 18.1 Å². The van der Waals surface area contributed by atoms with Crippen LogP contribution >= 0.6 is 0 Å². The van der Waals surface area contributed by atoms with Gasteiger partial charge in [0, 0.05) is 12.5 Å². The molecular formula is C13H17NO4. The molecule has 98 valence electrons. The highest BCUT2D eigenvalue weighted by molar-refractivity contribution is 5.79. The lowest BCUT2D eigenvalue weighted by Crippen LogP contribution is -2.49. The number of carbonyl (C=O) groups is 2. The molecule has 0 aliphatic heterocycles. The summed E-state index contributed by atoms with van der Waals surface area (Å²) in [5.41, 5.74) is 0.803. The van der Waals surface area contributed by atoms with E-state index in [0.717, 1.165) is 10.5 Å². The van der Waals surface area contributed by atoms with Gasteiger partial charge in [0.05, 0.1) is 0 Å². The van der Waals surface area contributed by atoms with E-state index >= 15 is 0 Å². The Morgan fingerprint density at radius 3 is 2.11 bits per heavy atom. The molecule has 0 bridgehead atoms. The third kappa shape index (κ3) is 3.48. The zero-order chi connectivity index (χ0) is 13.7. The summed E-state index contributed by atoms with van der Waals surface area (Å²) in [5.74, 6) is -1.13. The van der Waals surface area contributed by atoms with Gasteiger partial charge < -0.3 is 10.2 Å². The van der Waals surface area contributed by atoms with Crippen LogP contribution < -0.4 is 0 Å². The Labute approximate surface area is 106 Å². The lowest BCUT2D eigenvalue weighted by atomic mass is 10.0. The zero-order valence-corrected chi connectivity index (χ0v) is 10.4. The molecule has 0 fully saturated rings. The van der Waals surface area contributed by atoms with E-state index in [2.05, 4.69) is 0 Å². The van der Waals surface area contributed by atoms with Crippen molar-refractivity contribution < 1.29 is 19.8 Å². The predicted molar refractivity (Wildman–Crippen MR) is 66.6 cm³/mol. The second-order valence-corrected chi connectivity index (χ2v) is 4.33. The van der Waals surface area contributed by atoms with Crippen LogP contribution in [0.15, 0.2) is 30.3 Å². The molecule has 0 saturated carbocycles. The minimum atomic E-state index is -1.21. The van der Waals surface area contributed by atoms with Crippen LogP contribution in [-0.2, 0) is 11.2 Å². The number of benzene rings is 1. The zero-order valence-electron chi connectivity index (χ0n) is 10.4. The second-order valence-electron chi connectivity index (χ2n) is 4.33. The molecule has 1 unspecified atom stereocenters. The molecule has 1 atom stereocenters. The van der Waals surface area contributed by atoms with Crippen molar-refractivity contribution in [3.05, 3.63) is 35.9 Å². The van der Waals surface area contributed by atoms with Crippen LogP contribution in [-0.4, -0.2) is 39.3 Å². The second kappa shape index (κ2) is 6.05. The number of amides is 1. The molecule has 1 aromatic carbocycles. The summed E-state index contributed by atoms with van der Waals surface area (Å²) in [6.45, 7) is 3.32. The van der Waals surface area contributed by atoms with E-state index in [9.17, 15) is 14.7 Å². The molecule has 0 saturated heterocycles. The molecule has 0 radical (unpaired) electrons. The van der Waals surface area contributed by atoms with Gasteiger partial charge in [-0.3, -0.25) is 4.90 Å². The molecule has 2 N–H and O–H groups in total. The minimum Gasteiger partial charge on any atom is -0.480 e. The van der Waals surface area contributed by atoms with Crippen molar-refractivity contribution in [2.45, 2.75) is 32.4 Å². The first-order valence-corrected chi connectivity index (χ1v) is 5.71. The molecule has 5 heteroatoms. The molecule has 1 rings (SSSR count). The maximum Gasteiger partial charge on any atom is 0.408 e. The lowest BCUT2D eigenvalue weighted by Gasteiger charge is -2.29. The van der Waals surface area contributed by atoms with Crippen LogP contribution in [0.3, 0.4) is 0 Å². The van der Waals surface area contributed by atoms with Gasteiger partial charge in [-0.15, -0.1) is 0 Å². The monoisotopic (exact) mass is 251 g/mol. The predicted octanol–water partition coefficient (Wildman–Crippen LogP) is 2.07. The molecule has 5 nitrogen and oxygen atoms in total. The van der Waals surface area contributed by atoms with Crippen LogP contribution in [0.1, 0.15) is 19.4 Å². The van der Waals surface area contributed by atoms with Gasteiger partial charge >= 0.3 is 12.1 Å². The number of carboxylic acid groups (broad SMARTS) is 2. The maximum absolute atomic E-state index is 11.2. The third-order valence-electron chi connectivity index (χ3n) is 2.67. The Bertz CT molecular complexity index is 416. The number of rotatable bonds is 5. The quantitative estimate of drug-likeness (QED) is 0.839. The molecular weight excluding hydrogens is 234 g/mol. The summed E-state index contributed by atoms with van der Waals surface area (Å²) in [6.07, 6.45) is -1.05. The van der Waals surface area contributed by atoms with Gasteiger partial charge in [0.25, 0.3) is 0 Å². The van der Waals surface area contributed by atoms with Crippen molar-refractivity contribution in [2.24, 2.45) is 0 Å². The van der Waals surface area contributed by atoms with E-state index in [0.29, 0.717) is 0 Å².